The fourth-order valence-electron chi connectivity index (χ4n) is 0.726. The van der Waals surface area contributed by atoms with Gasteiger partial charge in [-0.3, -0.25) is 9.59 Å². The van der Waals surface area contributed by atoms with E-state index >= 15 is 0 Å². The zero-order valence-corrected chi connectivity index (χ0v) is 6.86. The Morgan fingerprint density at radius 2 is 1.92 bits per heavy atom. The zero-order valence-electron chi connectivity index (χ0n) is 6.86. The van der Waals surface area contributed by atoms with E-state index in [9.17, 15) is 9.59 Å². The fraction of sp³-hybridized carbons (Fsp3) is 0.500. The quantitative estimate of drug-likeness (QED) is 0.466. The third-order valence-electron chi connectivity index (χ3n) is 1.32. The van der Waals surface area contributed by atoms with E-state index in [2.05, 4.69) is 0 Å². The number of hydrogen-bond acceptors (Lipinski definition) is 2. The molecule has 1 unspecified atom stereocenters. The molecule has 0 aromatic carbocycles. The Balaban J connectivity index is 0. The highest BCUT2D eigenvalue weighted by Crippen LogP contribution is 2.05. The Hall–Kier alpha value is -1.26. The molecule has 13 heavy (non-hydrogen) atoms. The molecule has 0 saturated heterocycles. The molecular formula is C8H15BO4. The molecule has 0 bridgehead atoms. The average Bonchev–Trinajstić information content (AvgIpc) is 1.96. The third kappa shape index (κ3) is 7.12. The molecule has 0 aromatic heterocycles. The monoisotopic (exact) mass is 186 g/mol. The molecule has 0 aromatic rings. The molecule has 0 spiro atoms. The van der Waals surface area contributed by atoms with Crippen LogP contribution in [0.1, 0.15) is 19.8 Å². The Morgan fingerprint density at radius 3 is 2.23 bits per heavy atom. The van der Waals surface area contributed by atoms with Gasteiger partial charge in [0, 0.05) is 0 Å². The van der Waals surface area contributed by atoms with E-state index in [0.717, 1.165) is 0 Å². The van der Waals surface area contributed by atoms with E-state index in [1.165, 1.54) is 6.08 Å². The highest BCUT2D eigenvalue weighted by molar-refractivity contribution is 5.79. The number of hydrogen-bond donors (Lipinski definition) is 2. The molecule has 2 N–H and O–H groups in total. The van der Waals surface area contributed by atoms with Crippen LogP contribution in [0.2, 0.25) is 0 Å². The second-order valence-electron chi connectivity index (χ2n) is 2.38. The Kier molecular flexibility index (Phi) is 8.12. The molecule has 0 heterocycles. The molecule has 1 atom stereocenters. The number of allylic oxidation sites excluding steroid dienone is 1. The van der Waals surface area contributed by atoms with E-state index in [0.29, 0.717) is 6.42 Å². The molecule has 4 nitrogen and oxygen atoms in total. The molecule has 74 valence electrons. The lowest BCUT2D eigenvalue weighted by molar-refractivity contribution is -0.146. The first-order valence-electron chi connectivity index (χ1n) is 3.69. The highest BCUT2D eigenvalue weighted by Gasteiger charge is 2.16. The van der Waals surface area contributed by atoms with Crippen LogP contribution in [-0.2, 0) is 9.59 Å². The van der Waals surface area contributed by atoms with Crippen molar-refractivity contribution in [1.82, 2.24) is 0 Å². The molecule has 0 aliphatic heterocycles. The maximum Gasteiger partial charge on any atom is 0.310 e. The summed E-state index contributed by atoms with van der Waals surface area (Å²) in [4.78, 5) is 20.6. The summed E-state index contributed by atoms with van der Waals surface area (Å²) in [6.45, 7) is 1.86. The van der Waals surface area contributed by atoms with E-state index < -0.39 is 17.9 Å². The van der Waals surface area contributed by atoms with E-state index in [1.54, 1.807) is 6.08 Å². The van der Waals surface area contributed by atoms with Crippen LogP contribution >= 0.6 is 0 Å². The number of rotatable bonds is 5. The molecule has 0 radical (unpaired) electrons. The first-order valence-corrected chi connectivity index (χ1v) is 3.69. The molecular weight excluding hydrogens is 171 g/mol. The Labute approximate surface area is 78.8 Å². The van der Waals surface area contributed by atoms with Gasteiger partial charge in [-0.15, -0.1) is 0 Å². The number of carboxylic acid groups (broad SMARTS) is 2. The largest absolute Gasteiger partial charge is 0.481 e. The Morgan fingerprint density at radius 1 is 1.38 bits per heavy atom. The minimum absolute atomic E-state index is 0. The van der Waals surface area contributed by atoms with Crippen molar-refractivity contribution in [2.24, 2.45) is 5.92 Å². The standard InChI is InChI=1S/C8H12O4.BH3/c1-2-3-4-6(8(11)12)5-7(9)10;/h3-4,6H,2,5H2,1H3,(H,9,10)(H,11,12);1H3. The van der Waals surface area contributed by atoms with E-state index in [1.807, 2.05) is 6.92 Å². The zero-order chi connectivity index (χ0) is 9.56. The van der Waals surface area contributed by atoms with Crippen molar-refractivity contribution in [2.75, 3.05) is 0 Å². The van der Waals surface area contributed by atoms with Crippen molar-refractivity contribution in [3.05, 3.63) is 12.2 Å². The second-order valence-corrected chi connectivity index (χ2v) is 2.38. The normalized spacial score (nSPS) is 12.1. The van der Waals surface area contributed by atoms with Crippen LogP contribution in [0, 0.1) is 5.92 Å². The van der Waals surface area contributed by atoms with Crippen LogP contribution in [0.5, 0.6) is 0 Å². The van der Waals surface area contributed by atoms with Crippen LogP contribution in [0.4, 0.5) is 0 Å². The van der Waals surface area contributed by atoms with Gasteiger partial charge < -0.3 is 10.2 Å². The summed E-state index contributed by atoms with van der Waals surface area (Å²) in [6.07, 6.45) is 3.42. The van der Waals surface area contributed by atoms with Crippen molar-refractivity contribution in [3.8, 4) is 0 Å². The third-order valence-corrected chi connectivity index (χ3v) is 1.32. The van der Waals surface area contributed by atoms with Crippen molar-refractivity contribution in [2.45, 2.75) is 19.8 Å². The lowest BCUT2D eigenvalue weighted by Crippen LogP contribution is -2.15. The summed E-state index contributed by atoms with van der Waals surface area (Å²) >= 11 is 0. The maximum absolute atomic E-state index is 10.4. The topological polar surface area (TPSA) is 74.6 Å². The minimum Gasteiger partial charge on any atom is -0.481 e. The van der Waals surface area contributed by atoms with Crippen LogP contribution in [-0.4, -0.2) is 30.6 Å². The van der Waals surface area contributed by atoms with Gasteiger partial charge in [-0.2, -0.15) is 0 Å². The Bertz CT molecular complexity index is 200. The number of carboxylic acids is 2. The summed E-state index contributed by atoms with van der Waals surface area (Å²) in [7, 11) is 0. The van der Waals surface area contributed by atoms with Crippen molar-refractivity contribution in [1.29, 1.82) is 0 Å². The summed E-state index contributed by atoms with van der Waals surface area (Å²) in [5, 5.41) is 16.9. The van der Waals surface area contributed by atoms with Gasteiger partial charge in [0.25, 0.3) is 0 Å². The van der Waals surface area contributed by atoms with Gasteiger partial charge in [-0.1, -0.05) is 19.1 Å². The molecule has 0 aliphatic rings. The molecule has 0 rings (SSSR count). The van der Waals surface area contributed by atoms with Crippen molar-refractivity contribution in [3.63, 3.8) is 0 Å². The molecule has 0 aliphatic carbocycles. The van der Waals surface area contributed by atoms with E-state index in [-0.39, 0.29) is 14.8 Å². The molecule has 5 heteroatoms. The van der Waals surface area contributed by atoms with Crippen LogP contribution in [0.15, 0.2) is 12.2 Å². The smallest absolute Gasteiger partial charge is 0.310 e. The SMILES string of the molecule is B.CCC=CC(CC(=O)O)C(=O)O. The predicted molar refractivity (Wildman–Crippen MR) is 52.7 cm³/mol. The molecule has 0 amide bonds. The first-order chi connectivity index (χ1) is 5.57. The number of aliphatic carboxylic acids is 2. The molecule has 0 fully saturated rings. The van der Waals surface area contributed by atoms with Crippen LogP contribution in [0.3, 0.4) is 0 Å². The van der Waals surface area contributed by atoms with Gasteiger partial charge in [0.2, 0.25) is 0 Å². The summed E-state index contributed by atoms with van der Waals surface area (Å²) in [5.74, 6) is -3.09. The van der Waals surface area contributed by atoms with Gasteiger partial charge in [0.15, 0.2) is 0 Å². The van der Waals surface area contributed by atoms with Gasteiger partial charge in [-0.05, 0) is 6.42 Å². The first kappa shape index (κ1) is 14.3. The maximum atomic E-state index is 10.4. The summed E-state index contributed by atoms with van der Waals surface area (Å²) in [5.41, 5.74) is 0. The predicted octanol–water partition coefficient (Wildman–Crippen LogP) is -0.0558. The summed E-state index contributed by atoms with van der Waals surface area (Å²) < 4.78 is 0. The lowest BCUT2D eigenvalue weighted by atomic mass is 10.1. The lowest BCUT2D eigenvalue weighted by Gasteiger charge is -2.02. The minimum atomic E-state index is -1.10. The van der Waals surface area contributed by atoms with E-state index in [4.69, 9.17) is 10.2 Å². The number of carbonyl (C=O) groups is 2. The van der Waals surface area contributed by atoms with Crippen LogP contribution in [0.25, 0.3) is 0 Å². The highest BCUT2D eigenvalue weighted by atomic mass is 16.4. The van der Waals surface area contributed by atoms with Gasteiger partial charge in [0.05, 0.1) is 20.8 Å². The fourth-order valence-corrected chi connectivity index (χ4v) is 0.726. The second kappa shape index (κ2) is 7.40. The van der Waals surface area contributed by atoms with Gasteiger partial charge in [-0.25, -0.2) is 0 Å². The van der Waals surface area contributed by atoms with Crippen LogP contribution < -0.4 is 0 Å². The van der Waals surface area contributed by atoms with Crippen molar-refractivity contribution < 1.29 is 19.8 Å². The van der Waals surface area contributed by atoms with Gasteiger partial charge >= 0.3 is 11.9 Å². The average molecular weight is 186 g/mol. The van der Waals surface area contributed by atoms with Gasteiger partial charge in [0.1, 0.15) is 0 Å². The molecule has 0 saturated carbocycles. The van der Waals surface area contributed by atoms with Crippen molar-refractivity contribution >= 4 is 20.4 Å². The summed E-state index contributed by atoms with van der Waals surface area (Å²) in [6, 6.07) is 0.